The molecule has 2 aliphatic rings. The van der Waals surface area contributed by atoms with Gasteiger partial charge in [0.05, 0.1) is 19.8 Å². The van der Waals surface area contributed by atoms with Crippen molar-refractivity contribution >= 4 is 11.9 Å². The lowest BCUT2D eigenvalue weighted by Gasteiger charge is -2.42. The average molecular weight is 1110 g/mol. The molecule has 2 saturated heterocycles. The van der Waals surface area contributed by atoms with Gasteiger partial charge < -0.3 is 64.2 Å². The van der Waals surface area contributed by atoms with Crippen molar-refractivity contribution in [1.29, 1.82) is 0 Å². The smallest absolute Gasteiger partial charge is 0.306 e. The molecule has 0 aliphatic carbocycles. The number of aliphatic hydroxyl groups excluding tert-OH is 7. The van der Waals surface area contributed by atoms with E-state index < -0.39 is 99.3 Å². The molecule has 0 aromatic carbocycles. The Morgan fingerprint density at radius 3 is 1.29 bits per heavy atom. The van der Waals surface area contributed by atoms with Crippen molar-refractivity contribution < 1.29 is 73.8 Å². The first-order chi connectivity index (χ1) is 38.0. The minimum Gasteiger partial charge on any atom is -0.462 e. The average Bonchev–Trinajstić information content (AvgIpc) is 3.43. The summed E-state index contributed by atoms with van der Waals surface area (Å²) in [5.41, 5.74) is 0. The van der Waals surface area contributed by atoms with E-state index in [0.29, 0.717) is 19.3 Å². The van der Waals surface area contributed by atoms with Crippen molar-refractivity contribution in [3.63, 3.8) is 0 Å². The lowest BCUT2D eigenvalue weighted by molar-refractivity contribution is -0.332. The van der Waals surface area contributed by atoms with E-state index in [1.807, 2.05) is 12.2 Å². The molecule has 2 aliphatic heterocycles. The summed E-state index contributed by atoms with van der Waals surface area (Å²) < 4.78 is 33.6. The van der Waals surface area contributed by atoms with Crippen molar-refractivity contribution in [2.45, 2.75) is 287 Å². The van der Waals surface area contributed by atoms with Crippen molar-refractivity contribution in [2.24, 2.45) is 0 Å². The molecule has 0 spiro atoms. The summed E-state index contributed by atoms with van der Waals surface area (Å²) in [6.07, 6.45) is 43.8. The Balaban J connectivity index is 1.77. The third kappa shape index (κ3) is 34.9. The molecule has 0 bridgehead atoms. The number of rotatable bonds is 48. The molecule has 4 unspecified atom stereocenters. The SMILES string of the molecule is CCCCC/C=C/C/C=C/C/C=C/C/C=C/C/C=C/CCC(=O)OC[C@H](CO[C@H]1O[C@@H](CO[C@H]2O[C@@H](CO)[C@@H](O)C(O)C2O)[C@@H](O)C(O)C1O)OC(=O)CCC/C=C/CCCCCCCCCCCCCCCCCCCC. The van der Waals surface area contributed by atoms with E-state index in [0.717, 1.165) is 44.9 Å². The number of hydrogen-bond acceptors (Lipinski definition) is 15. The first-order valence-electron chi connectivity index (χ1n) is 30.5. The van der Waals surface area contributed by atoms with Crippen LogP contribution in [0.1, 0.15) is 219 Å². The number of unbranched alkanes of at least 4 members (excludes halogenated alkanes) is 22. The minimum absolute atomic E-state index is 0.0864. The molecule has 0 aromatic rings. The first kappa shape index (κ1) is 71.0. The number of allylic oxidation sites excluding steroid dienone is 12. The zero-order chi connectivity index (χ0) is 56.7. The van der Waals surface area contributed by atoms with Crippen LogP contribution in [0.2, 0.25) is 0 Å². The van der Waals surface area contributed by atoms with Crippen LogP contribution in [0.5, 0.6) is 0 Å². The summed E-state index contributed by atoms with van der Waals surface area (Å²) >= 11 is 0. The summed E-state index contributed by atoms with van der Waals surface area (Å²) in [6, 6.07) is 0. The van der Waals surface area contributed by atoms with Crippen LogP contribution >= 0.6 is 0 Å². The van der Waals surface area contributed by atoms with Crippen molar-refractivity contribution in [3.8, 4) is 0 Å². The Hall–Kier alpha value is -3.06. The van der Waals surface area contributed by atoms with Crippen LogP contribution in [0, 0.1) is 0 Å². The Kier molecular flexibility index (Phi) is 44.3. The molecule has 0 saturated carbocycles. The second kappa shape index (κ2) is 48.6. The molecule has 0 aromatic heterocycles. The Morgan fingerprint density at radius 1 is 0.410 bits per heavy atom. The van der Waals surface area contributed by atoms with Gasteiger partial charge in [0.15, 0.2) is 18.7 Å². The molecule has 15 heteroatoms. The van der Waals surface area contributed by atoms with Gasteiger partial charge in [-0.3, -0.25) is 9.59 Å². The lowest BCUT2D eigenvalue weighted by atomic mass is 9.98. The standard InChI is InChI=1S/C63H108O15/c1-3-5-7-9-11-13-15-17-19-21-23-24-25-26-28-30-32-34-36-38-40-42-44-46-55(66)76-51(48-73-54(65)45-43-41-39-37-35-33-31-29-27-22-20-18-16-14-12-10-8-6-4-2)49-74-62-61(72)59(70)57(68)53(78-62)50-75-63-60(71)58(69)56(67)52(47-64)77-63/h12,14,18,20,27,29,33,35,38-41,51-53,56-64,67-72H,3-11,13,15-17,19,21-26,28,30-32,34,36-37,42-50H2,1-2H3/b14-12+,20-18+,29-27+,35-33+,40-38+,41-39+/t51-,52+,53+,56-,57-,58?,59?,60?,61?,62+,63+/m1/s1. The van der Waals surface area contributed by atoms with Crippen molar-refractivity contribution in [2.75, 3.05) is 26.4 Å². The Labute approximate surface area is 470 Å². The summed E-state index contributed by atoms with van der Waals surface area (Å²) in [4.78, 5) is 25.9. The fourth-order valence-corrected chi connectivity index (χ4v) is 9.20. The predicted molar refractivity (Wildman–Crippen MR) is 307 cm³/mol. The third-order valence-corrected chi connectivity index (χ3v) is 14.2. The molecule has 2 rings (SSSR count). The van der Waals surface area contributed by atoms with E-state index >= 15 is 0 Å². The Morgan fingerprint density at radius 2 is 0.795 bits per heavy atom. The zero-order valence-electron chi connectivity index (χ0n) is 48.1. The number of aliphatic hydroxyl groups is 7. The van der Waals surface area contributed by atoms with Crippen molar-refractivity contribution in [1.82, 2.24) is 0 Å². The molecule has 7 N–H and O–H groups in total. The highest BCUT2D eigenvalue weighted by Gasteiger charge is 2.47. The topological polar surface area (TPSA) is 231 Å². The number of carbonyl (C=O) groups excluding carboxylic acids is 2. The summed E-state index contributed by atoms with van der Waals surface area (Å²) in [5.74, 6) is -1.06. The van der Waals surface area contributed by atoms with E-state index in [1.165, 1.54) is 128 Å². The monoisotopic (exact) mass is 1100 g/mol. The molecule has 2 fully saturated rings. The molecule has 0 radical (unpaired) electrons. The number of esters is 2. The third-order valence-electron chi connectivity index (χ3n) is 14.2. The normalized spacial score (nSPS) is 24.5. The van der Waals surface area contributed by atoms with Gasteiger partial charge in [0.2, 0.25) is 0 Å². The molecule has 450 valence electrons. The van der Waals surface area contributed by atoms with Gasteiger partial charge in [-0.15, -0.1) is 0 Å². The predicted octanol–water partition coefficient (Wildman–Crippen LogP) is 10.9. The quantitative estimate of drug-likeness (QED) is 0.0171. The fourth-order valence-electron chi connectivity index (χ4n) is 9.20. The zero-order valence-corrected chi connectivity index (χ0v) is 48.1. The summed E-state index contributed by atoms with van der Waals surface area (Å²) in [5, 5.41) is 72.3. The Bertz CT molecular complexity index is 1630. The van der Waals surface area contributed by atoms with Gasteiger partial charge in [-0.05, 0) is 70.6 Å². The second-order valence-corrected chi connectivity index (χ2v) is 21.2. The highest BCUT2D eigenvalue weighted by Crippen LogP contribution is 2.27. The number of ether oxygens (including phenoxy) is 6. The van der Waals surface area contributed by atoms with Gasteiger partial charge in [0.1, 0.15) is 55.4 Å². The fraction of sp³-hybridized carbons (Fsp3) is 0.778. The largest absolute Gasteiger partial charge is 0.462 e. The van der Waals surface area contributed by atoms with Gasteiger partial charge in [0, 0.05) is 12.8 Å². The molecule has 0 amide bonds. The van der Waals surface area contributed by atoms with Crippen molar-refractivity contribution in [3.05, 3.63) is 72.9 Å². The highest BCUT2D eigenvalue weighted by molar-refractivity contribution is 5.70. The second-order valence-electron chi connectivity index (χ2n) is 21.2. The maximum absolute atomic E-state index is 13.1. The van der Waals surface area contributed by atoms with Crippen LogP contribution in [0.25, 0.3) is 0 Å². The van der Waals surface area contributed by atoms with Gasteiger partial charge >= 0.3 is 11.9 Å². The molecule has 78 heavy (non-hydrogen) atoms. The number of hydrogen-bond donors (Lipinski definition) is 7. The van der Waals surface area contributed by atoms with E-state index in [9.17, 15) is 45.3 Å². The summed E-state index contributed by atoms with van der Waals surface area (Å²) in [7, 11) is 0. The molecule has 15 nitrogen and oxygen atoms in total. The maximum Gasteiger partial charge on any atom is 0.306 e. The molecular weight excluding hydrogens is 997 g/mol. The molecule has 2 heterocycles. The first-order valence-corrected chi connectivity index (χ1v) is 30.5. The van der Waals surface area contributed by atoms with Crippen LogP contribution in [-0.2, 0) is 38.0 Å². The highest BCUT2D eigenvalue weighted by atomic mass is 16.7. The van der Waals surface area contributed by atoms with Gasteiger partial charge in [-0.2, -0.15) is 0 Å². The van der Waals surface area contributed by atoms with Crippen LogP contribution in [0.4, 0.5) is 0 Å². The minimum atomic E-state index is -1.78. The van der Waals surface area contributed by atoms with Gasteiger partial charge in [-0.25, -0.2) is 0 Å². The lowest BCUT2D eigenvalue weighted by Crippen LogP contribution is -2.61. The van der Waals surface area contributed by atoms with E-state index in [2.05, 4.69) is 74.6 Å². The van der Waals surface area contributed by atoms with E-state index in [1.54, 1.807) is 0 Å². The van der Waals surface area contributed by atoms with Crippen LogP contribution in [0.3, 0.4) is 0 Å². The summed E-state index contributed by atoms with van der Waals surface area (Å²) in [6.45, 7) is 2.49. The van der Waals surface area contributed by atoms with E-state index in [-0.39, 0.29) is 19.4 Å². The van der Waals surface area contributed by atoms with Gasteiger partial charge in [-0.1, -0.05) is 209 Å². The van der Waals surface area contributed by atoms with E-state index in [4.69, 9.17) is 28.4 Å². The van der Waals surface area contributed by atoms with Gasteiger partial charge in [0.25, 0.3) is 0 Å². The van der Waals surface area contributed by atoms with Crippen LogP contribution in [0.15, 0.2) is 72.9 Å². The molecular formula is C63H108O15. The maximum atomic E-state index is 13.1. The number of carbonyl (C=O) groups is 2. The van der Waals surface area contributed by atoms with Crippen LogP contribution < -0.4 is 0 Å². The van der Waals surface area contributed by atoms with Crippen LogP contribution in [-0.4, -0.2) is 142 Å². The molecule has 11 atom stereocenters.